The number of pyridine rings is 1. The molecule has 0 radical (unpaired) electrons. The molecule has 2 aromatic heterocycles. The Morgan fingerprint density at radius 2 is 1.53 bits per heavy atom. The summed E-state index contributed by atoms with van der Waals surface area (Å²) in [5.74, 6) is 1.70. The maximum Gasteiger partial charge on any atom is 0.225 e. The van der Waals surface area contributed by atoms with E-state index < -0.39 is 0 Å². The van der Waals surface area contributed by atoms with Gasteiger partial charge in [-0.15, -0.1) is 23.8 Å². The summed E-state index contributed by atoms with van der Waals surface area (Å²) in [7, 11) is 0. The number of rotatable bonds is 7. The number of aromatic hydroxyl groups is 1. The predicted octanol–water partition coefficient (Wildman–Crippen LogP) is 9.57. The Bertz CT molecular complexity index is 1880. The number of phenolic OH excluding ortho intramolecular Hbond substituents is 1. The largest absolute Gasteiger partial charge is 0.507 e. The Labute approximate surface area is 266 Å². The molecule has 0 saturated heterocycles. The Morgan fingerprint density at radius 1 is 0.767 bits per heavy atom. The molecule has 4 aromatic carbocycles. The first-order chi connectivity index (χ1) is 20.4. The zero-order valence-electron chi connectivity index (χ0n) is 24.5. The van der Waals surface area contributed by atoms with Crippen LogP contribution < -0.4 is 4.74 Å². The maximum absolute atomic E-state index is 11.5. The molecule has 0 unspecified atom stereocenters. The number of phenols is 1. The number of fused-ring (bicyclic) bond motifs is 1. The zero-order chi connectivity index (χ0) is 29.2. The number of nitrogens with zero attached hydrogens (tertiary/aromatic N) is 3. The van der Waals surface area contributed by atoms with Crippen molar-refractivity contribution in [1.82, 2.24) is 15.0 Å². The van der Waals surface area contributed by atoms with Crippen LogP contribution in [0.15, 0.2) is 103 Å². The second kappa shape index (κ2) is 12.9. The second-order valence-corrected chi connectivity index (χ2v) is 11.0. The van der Waals surface area contributed by atoms with Gasteiger partial charge in [0.2, 0.25) is 5.88 Å². The number of hydrogen-bond donors (Lipinski definition) is 1. The third-order valence-electron chi connectivity index (χ3n) is 7.41. The summed E-state index contributed by atoms with van der Waals surface area (Å²) in [6.45, 7) is 8.50. The molecular weight excluding hydrogens is 714 g/mol. The zero-order valence-corrected chi connectivity index (χ0v) is 26.8. The van der Waals surface area contributed by atoms with E-state index in [1.807, 2.05) is 84.9 Å². The molecule has 6 heteroatoms. The molecule has 1 N–H and O–H groups in total. The second-order valence-electron chi connectivity index (χ2n) is 11.0. The summed E-state index contributed by atoms with van der Waals surface area (Å²) in [4.78, 5) is 14.5. The summed E-state index contributed by atoms with van der Waals surface area (Å²) in [5, 5.41) is 13.5. The van der Waals surface area contributed by atoms with Gasteiger partial charge < -0.3 is 9.84 Å². The SMILES string of the molecule is CC(C)c1cc(-c2nc(-c3[c-]c(Oc4nccc5ccccc45)ccc3)cnc2-c2ccccc2)c(O)c(C(C)C)c1.[Pt]. The molecule has 0 fully saturated rings. The molecule has 6 aromatic rings. The van der Waals surface area contributed by atoms with E-state index >= 15 is 0 Å². The first kappa shape index (κ1) is 30.1. The average molecular weight is 746 g/mol. The summed E-state index contributed by atoms with van der Waals surface area (Å²) in [5.41, 5.74) is 6.31. The van der Waals surface area contributed by atoms with Gasteiger partial charge in [-0.3, -0.25) is 9.97 Å². The average Bonchev–Trinajstić information content (AvgIpc) is 3.01. The Kier molecular flexibility index (Phi) is 9.03. The molecule has 0 saturated carbocycles. The Hall–Kier alpha value is -4.34. The smallest absolute Gasteiger partial charge is 0.225 e. The predicted molar refractivity (Wildman–Crippen MR) is 169 cm³/mol. The summed E-state index contributed by atoms with van der Waals surface area (Å²) >= 11 is 0. The van der Waals surface area contributed by atoms with Gasteiger partial charge in [0.25, 0.3) is 0 Å². The maximum atomic E-state index is 11.5. The van der Waals surface area contributed by atoms with Crippen LogP contribution in [-0.4, -0.2) is 20.1 Å². The molecule has 6 rings (SSSR count). The first-order valence-corrected chi connectivity index (χ1v) is 14.2. The van der Waals surface area contributed by atoms with Gasteiger partial charge in [-0.05, 0) is 46.5 Å². The minimum atomic E-state index is 0. The normalized spacial score (nSPS) is 11.1. The van der Waals surface area contributed by atoms with E-state index in [1.54, 1.807) is 12.4 Å². The Morgan fingerprint density at radius 3 is 2.30 bits per heavy atom. The fourth-order valence-electron chi connectivity index (χ4n) is 5.08. The summed E-state index contributed by atoms with van der Waals surface area (Å²) in [6.07, 6.45) is 3.50. The Balaban J connectivity index is 0.00000368. The fraction of sp³-hybridized carbons (Fsp3) is 0.162. The van der Waals surface area contributed by atoms with Crippen LogP contribution in [0.2, 0.25) is 0 Å². The molecular formula is C37H32N3O2Pt-. The molecule has 0 amide bonds. The van der Waals surface area contributed by atoms with Crippen molar-refractivity contribution >= 4 is 10.8 Å². The van der Waals surface area contributed by atoms with Crippen molar-refractivity contribution in [2.75, 3.05) is 0 Å². The minimum absolute atomic E-state index is 0. The van der Waals surface area contributed by atoms with E-state index in [1.165, 1.54) is 0 Å². The molecule has 0 aliphatic rings. The fourth-order valence-corrected chi connectivity index (χ4v) is 5.08. The van der Waals surface area contributed by atoms with E-state index in [4.69, 9.17) is 14.7 Å². The van der Waals surface area contributed by atoms with Crippen LogP contribution in [0, 0.1) is 6.07 Å². The summed E-state index contributed by atoms with van der Waals surface area (Å²) < 4.78 is 6.21. The number of ether oxygens (including phenoxy) is 1. The number of benzene rings is 4. The van der Waals surface area contributed by atoms with Crippen molar-refractivity contribution in [3.63, 3.8) is 0 Å². The van der Waals surface area contributed by atoms with Crippen LogP contribution in [0.4, 0.5) is 0 Å². The molecule has 218 valence electrons. The van der Waals surface area contributed by atoms with Gasteiger partial charge >= 0.3 is 0 Å². The molecule has 43 heavy (non-hydrogen) atoms. The van der Waals surface area contributed by atoms with E-state index in [9.17, 15) is 5.11 Å². The quantitative estimate of drug-likeness (QED) is 0.165. The van der Waals surface area contributed by atoms with Gasteiger partial charge in [-0.1, -0.05) is 88.4 Å². The van der Waals surface area contributed by atoms with Gasteiger partial charge in [0.1, 0.15) is 5.75 Å². The van der Waals surface area contributed by atoms with Crippen molar-refractivity contribution < 1.29 is 30.9 Å². The molecule has 0 spiro atoms. The molecule has 0 atom stereocenters. The third-order valence-corrected chi connectivity index (χ3v) is 7.41. The number of hydrogen-bond acceptors (Lipinski definition) is 5. The van der Waals surface area contributed by atoms with Crippen LogP contribution in [0.3, 0.4) is 0 Å². The molecule has 0 aliphatic heterocycles. The molecule has 5 nitrogen and oxygen atoms in total. The topological polar surface area (TPSA) is 68.1 Å². The van der Waals surface area contributed by atoms with E-state index in [-0.39, 0.29) is 38.7 Å². The van der Waals surface area contributed by atoms with Crippen molar-refractivity contribution in [1.29, 1.82) is 0 Å². The molecule has 2 heterocycles. The third kappa shape index (κ3) is 6.23. The number of aromatic nitrogens is 3. The first-order valence-electron chi connectivity index (χ1n) is 14.2. The van der Waals surface area contributed by atoms with Crippen LogP contribution in [-0.2, 0) is 21.1 Å². The van der Waals surface area contributed by atoms with Crippen LogP contribution in [0.1, 0.15) is 50.7 Å². The minimum Gasteiger partial charge on any atom is -0.507 e. The van der Waals surface area contributed by atoms with E-state index in [0.29, 0.717) is 34.3 Å². The van der Waals surface area contributed by atoms with E-state index in [2.05, 4.69) is 44.8 Å². The van der Waals surface area contributed by atoms with Crippen molar-refractivity contribution in [2.24, 2.45) is 0 Å². The monoisotopic (exact) mass is 745 g/mol. The van der Waals surface area contributed by atoms with Crippen LogP contribution in [0.25, 0.3) is 44.5 Å². The van der Waals surface area contributed by atoms with Crippen molar-refractivity contribution in [2.45, 2.75) is 39.5 Å². The van der Waals surface area contributed by atoms with Gasteiger partial charge in [-0.25, -0.2) is 4.98 Å². The van der Waals surface area contributed by atoms with Gasteiger partial charge in [0.05, 0.1) is 11.4 Å². The van der Waals surface area contributed by atoms with E-state index in [0.717, 1.165) is 33.0 Å². The van der Waals surface area contributed by atoms with Gasteiger partial charge in [-0.2, -0.15) is 0 Å². The standard InChI is InChI=1S/C37H32N3O2.Pt/c1-23(2)28-20-31(24(3)4)36(41)32(21-28)35-34(26-12-6-5-7-13-26)39-22-33(40-35)27-14-10-15-29(19-27)42-37-30-16-9-8-11-25(30)17-18-38-37;/h5-18,20-24,41H,1-4H3;/q-1;. The molecule has 0 aliphatic carbocycles. The van der Waals surface area contributed by atoms with Crippen LogP contribution >= 0.6 is 0 Å². The van der Waals surface area contributed by atoms with Crippen molar-refractivity contribution in [3.05, 3.63) is 121 Å². The van der Waals surface area contributed by atoms with Gasteiger partial charge in [0.15, 0.2) is 0 Å². The van der Waals surface area contributed by atoms with Crippen molar-refractivity contribution in [3.8, 4) is 51.2 Å². The van der Waals surface area contributed by atoms with Gasteiger partial charge in [0, 0.05) is 61.4 Å². The molecule has 0 bridgehead atoms. The summed E-state index contributed by atoms with van der Waals surface area (Å²) in [6, 6.07) is 33.1. The van der Waals surface area contributed by atoms with Crippen LogP contribution in [0.5, 0.6) is 17.4 Å².